The minimum absolute atomic E-state index is 0.280. The van der Waals surface area contributed by atoms with E-state index in [-0.39, 0.29) is 6.42 Å². The summed E-state index contributed by atoms with van der Waals surface area (Å²) in [6.07, 6.45) is 0.940. The number of nitrogens with zero attached hydrogens (tertiary/aromatic N) is 2. The van der Waals surface area contributed by atoms with Crippen molar-refractivity contribution in [2.75, 3.05) is 0 Å². The molecule has 0 radical (unpaired) electrons. The zero-order valence-corrected chi connectivity index (χ0v) is 12.4. The van der Waals surface area contributed by atoms with Gasteiger partial charge in [-0.1, -0.05) is 36.4 Å². The van der Waals surface area contributed by atoms with Crippen molar-refractivity contribution in [3.63, 3.8) is 0 Å². The topological polar surface area (TPSA) is 80.0 Å². The lowest BCUT2D eigenvalue weighted by Gasteiger charge is -2.22. The Bertz CT molecular complexity index is 783. The minimum Gasteiger partial charge on any atom is -0.390 e. The molecule has 0 amide bonds. The summed E-state index contributed by atoms with van der Waals surface area (Å²) < 4.78 is 2.14. The Hall–Kier alpha value is -2.60. The van der Waals surface area contributed by atoms with Crippen LogP contribution in [0.4, 0.5) is 0 Å². The molecule has 0 spiro atoms. The second-order valence-electron chi connectivity index (χ2n) is 5.12. The van der Waals surface area contributed by atoms with Gasteiger partial charge in [0.25, 0.3) is 0 Å². The monoisotopic (exact) mass is 301 g/mol. The highest BCUT2D eigenvalue weighted by Crippen LogP contribution is 2.20. The van der Waals surface area contributed by atoms with Crippen molar-refractivity contribution < 1.29 is 5.11 Å². The minimum atomic E-state index is -0.894. The number of hydrogen-bond acceptors (Lipinski definition) is 3. The molecule has 2 N–H and O–H groups in total. The molecule has 0 saturated carbocycles. The lowest BCUT2D eigenvalue weighted by molar-refractivity contribution is 0.123. The van der Waals surface area contributed by atoms with Crippen molar-refractivity contribution in [1.82, 2.24) is 14.3 Å². The van der Waals surface area contributed by atoms with E-state index in [0.29, 0.717) is 11.3 Å². The van der Waals surface area contributed by atoms with E-state index in [9.17, 15) is 14.7 Å². The third kappa shape index (κ3) is 2.87. The number of aromatic nitrogens is 3. The fraction of sp³-hybridized carbons (Fsp3) is 0.250. The first-order valence-corrected chi connectivity index (χ1v) is 6.90. The highest BCUT2D eigenvalue weighted by molar-refractivity contribution is 5.30. The molecule has 6 nitrogen and oxygen atoms in total. The van der Waals surface area contributed by atoms with Crippen molar-refractivity contribution in [3.8, 4) is 5.69 Å². The van der Waals surface area contributed by atoms with E-state index in [0.717, 1.165) is 9.25 Å². The Morgan fingerprint density at radius 2 is 2.00 bits per heavy atom. The zero-order valence-electron chi connectivity index (χ0n) is 12.4. The highest BCUT2D eigenvalue weighted by Gasteiger charge is 2.25. The molecule has 6 heteroatoms. The van der Waals surface area contributed by atoms with Gasteiger partial charge in [-0.25, -0.2) is 23.9 Å². The Labute approximate surface area is 127 Å². The van der Waals surface area contributed by atoms with Gasteiger partial charge >= 0.3 is 11.4 Å². The first-order valence-electron chi connectivity index (χ1n) is 6.90. The quantitative estimate of drug-likeness (QED) is 0.791. The summed E-state index contributed by atoms with van der Waals surface area (Å²) in [5.74, 6) is 0. The standard InChI is InChI=1S/C16H19N3O3/c1-4-8-13(20)14(11(2)3)19-16(22)18(15(21)17-19)12-9-6-5-7-10-12/h4-7,9-10,13-14,20H,1-2,8H2,3H3,(H,17,21)/t13-,14+/m0/s1. The van der Waals surface area contributed by atoms with E-state index >= 15 is 0 Å². The smallest absolute Gasteiger partial charge is 0.352 e. The van der Waals surface area contributed by atoms with Crippen molar-refractivity contribution >= 4 is 0 Å². The molecule has 1 aromatic heterocycles. The first kappa shape index (κ1) is 15.8. The van der Waals surface area contributed by atoms with Gasteiger partial charge in [-0.15, -0.1) is 6.58 Å². The van der Waals surface area contributed by atoms with Gasteiger partial charge in [0.15, 0.2) is 0 Å². The van der Waals surface area contributed by atoms with Gasteiger partial charge in [0.05, 0.1) is 11.8 Å². The molecule has 0 unspecified atom stereocenters. The zero-order chi connectivity index (χ0) is 16.3. The summed E-state index contributed by atoms with van der Waals surface area (Å²) in [6, 6.07) is 7.88. The molecule has 2 atom stereocenters. The van der Waals surface area contributed by atoms with Gasteiger partial charge in [-0.05, 0) is 25.5 Å². The summed E-state index contributed by atoms with van der Waals surface area (Å²) in [5, 5.41) is 12.7. The Balaban J connectivity index is 2.58. The lowest BCUT2D eigenvalue weighted by Crippen LogP contribution is -2.34. The molecular weight excluding hydrogens is 282 g/mol. The number of para-hydroxylation sites is 1. The molecule has 0 bridgehead atoms. The molecule has 2 aromatic rings. The lowest BCUT2D eigenvalue weighted by atomic mass is 10.0. The maximum absolute atomic E-state index is 12.6. The predicted molar refractivity (Wildman–Crippen MR) is 85.3 cm³/mol. The number of aliphatic hydroxyl groups excluding tert-OH is 1. The number of aliphatic hydroxyl groups is 1. The third-order valence-corrected chi connectivity index (χ3v) is 3.39. The van der Waals surface area contributed by atoms with E-state index in [1.54, 1.807) is 43.3 Å². The van der Waals surface area contributed by atoms with Gasteiger partial charge < -0.3 is 5.11 Å². The molecule has 1 heterocycles. The summed E-state index contributed by atoms with van der Waals surface area (Å²) >= 11 is 0. The fourth-order valence-electron chi connectivity index (χ4n) is 2.41. The van der Waals surface area contributed by atoms with Gasteiger partial charge in [-0.2, -0.15) is 0 Å². The van der Waals surface area contributed by atoms with Crippen molar-refractivity contribution in [2.24, 2.45) is 0 Å². The average molecular weight is 301 g/mol. The van der Waals surface area contributed by atoms with Crippen LogP contribution in [0.25, 0.3) is 5.69 Å². The van der Waals surface area contributed by atoms with E-state index in [2.05, 4.69) is 18.3 Å². The van der Waals surface area contributed by atoms with Crippen LogP contribution in [-0.2, 0) is 0 Å². The second kappa shape index (κ2) is 6.44. The Morgan fingerprint density at radius 1 is 1.36 bits per heavy atom. The first-order chi connectivity index (χ1) is 10.5. The van der Waals surface area contributed by atoms with E-state index in [1.165, 1.54) is 0 Å². The van der Waals surface area contributed by atoms with Gasteiger partial charge in [0.1, 0.15) is 6.04 Å². The molecule has 0 aliphatic heterocycles. The van der Waals surface area contributed by atoms with E-state index in [1.807, 2.05) is 0 Å². The summed E-state index contributed by atoms with van der Waals surface area (Å²) in [5.41, 5.74) is -0.0790. The number of H-pyrrole nitrogens is 1. The molecule has 0 aliphatic carbocycles. The molecule has 0 aliphatic rings. The number of nitrogens with one attached hydrogen (secondary N) is 1. The molecule has 22 heavy (non-hydrogen) atoms. The predicted octanol–water partition coefficient (Wildman–Crippen LogP) is 1.38. The maximum Gasteiger partial charge on any atom is 0.352 e. The normalized spacial score (nSPS) is 13.5. The van der Waals surface area contributed by atoms with Crippen LogP contribution >= 0.6 is 0 Å². The van der Waals surface area contributed by atoms with Crippen molar-refractivity contribution in [3.05, 3.63) is 76.1 Å². The largest absolute Gasteiger partial charge is 0.390 e. The van der Waals surface area contributed by atoms with Crippen molar-refractivity contribution in [2.45, 2.75) is 25.5 Å². The van der Waals surface area contributed by atoms with Crippen LogP contribution in [0.3, 0.4) is 0 Å². The summed E-state index contributed by atoms with van der Waals surface area (Å²) in [7, 11) is 0. The summed E-state index contributed by atoms with van der Waals surface area (Å²) in [6.45, 7) is 9.07. The molecule has 0 fully saturated rings. The van der Waals surface area contributed by atoms with Crippen LogP contribution in [0.1, 0.15) is 19.4 Å². The molecule has 1 aromatic carbocycles. The highest BCUT2D eigenvalue weighted by atomic mass is 16.3. The van der Waals surface area contributed by atoms with Crippen LogP contribution < -0.4 is 11.4 Å². The molecule has 2 rings (SSSR count). The SMILES string of the molecule is C=CC[C@H](O)[C@@H](C(=C)C)n1[nH]c(=O)n(-c2ccccc2)c1=O. The summed E-state index contributed by atoms with van der Waals surface area (Å²) in [4.78, 5) is 24.7. The average Bonchev–Trinajstić information content (AvgIpc) is 2.75. The Morgan fingerprint density at radius 3 is 2.55 bits per heavy atom. The van der Waals surface area contributed by atoms with Crippen molar-refractivity contribution in [1.29, 1.82) is 0 Å². The molecule has 0 saturated heterocycles. The van der Waals surface area contributed by atoms with Crippen LogP contribution in [0.5, 0.6) is 0 Å². The van der Waals surface area contributed by atoms with E-state index < -0.39 is 23.5 Å². The van der Waals surface area contributed by atoms with Crippen LogP contribution in [0.2, 0.25) is 0 Å². The molecule has 116 valence electrons. The Kier molecular flexibility index (Phi) is 4.62. The van der Waals surface area contributed by atoms with Gasteiger partial charge in [-0.3, -0.25) is 0 Å². The number of rotatable bonds is 6. The van der Waals surface area contributed by atoms with Crippen LogP contribution in [-0.4, -0.2) is 25.6 Å². The van der Waals surface area contributed by atoms with Gasteiger partial charge in [0, 0.05) is 0 Å². The molecular formula is C16H19N3O3. The second-order valence-corrected chi connectivity index (χ2v) is 5.12. The van der Waals surface area contributed by atoms with Gasteiger partial charge in [0.2, 0.25) is 0 Å². The van der Waals surface area contributed by atoms with Crippen LogP contribution in [0.15, 0.2) is 64.7 Å². The van der Waals surface area contributed by atoms with Crippen LogP contribution in [0, 0.1) is 0 Å². The number of benzene rings is 1. The number of aromatic amines is 1. The van der Waals surface area contributed by atoms with E-state index in [4.69, 9.17) is 0 Å². The fourth-order valence-corrected chi connectivity index (χ4v) is 2.41. The maximum atomic E-state index is 12.6. The third-order valence-electron chi connectivity index (χ3n) is 3.39. The number of hydrogen-bond donors (Lipinski definition) is 2.